The number of aromatic amines is 1. The number of nitrogens with zero attached hydrogens (tertiary/aromatic N) is 4. The summed E-state index contributed by atoms with van der Waals surface area (Å²) in [4.78, 5) is 12.2. The fourth-order valence-corrected chi connectivity index (χ4v) is 2.06. The van der Waals surface area contributed by atoms with Crippen molar-refractivity contribution in [2.24, 2.45) is 0 Å². The van der Waals surface area contributed by atoms with E-state index in [1.807, 2.05) is 0 Å². The molecule has 0 aliphatic heterocycles. The van der Waals surface area contributed by atoms with Crippen molar-refractivity contribution >= 4 is 34.9 Å². The van der Waals surface area contributed by atoms with Crippen molar-refractivity contribution in [1.82, 2.24) is 25.2 Å². The highest BCUT2D eigenvalue weighted by Gasteiger charge is 2.21. The maximum Gasteiger partial charge on any atom is 0.303 e. The van der Waals surface area contributed by atoms with Gasteiger partial charge in [0, 0.05) is 16.7 Å². The Labute approximate surface area is 128 Å². The molecule has 2 aromatic heterocycles. The van der Waals surface area contributed by atoms with E-state index in [1.54, 1.807) is 30.3 Å². The van der Waals surface area contributed by atoms with Gasteiger partial charge in [-0.2, -0.15) is 15.0 Å². The van der Waals surface area contributed by atoms with Gasteiger partial charge in [-0.3, -0.25) is 4.79 Å². The van der Waals surface area contributed by atoms with E-state index in [1.165, 1.54) is 0 Å². The van der Waals surface area contributed by atoms with Crippen LogP contribution in [0.5, 0.6) is 0 Å². The van der Waals surface area contributed by atoms with Gasteiger partial charge >= 0.3 is 5.91 Å². The Balaban J connectivity index is 2.00. The first-order chi connectivity index (χ1) is 10.1. The number of H-pyrrole nitrogens is 1. The molecule has 0 amide bonds. The van der Waals surface area contributed by atoms with E-state index in [0.29, 0.717) is 10.7 Å². The summed E-state index contributed by atoms with van der Waals surface area (Å²) < 4.78 is 1.02. The lowest BCUT2D eigenvalue weighted by atomic mass is 10.1. The molecule has 0 spiro atoms. The van der Waals surface area contributed by atoms with Crippen LogP contribution in [0.3, 0.4) is 0 Å². The van der Waals surface area contributed by atoms with Crippen molar-refractivity contribution in [3.63, 3.8) is 0 Å². The van der Waals surface area contributed by atoms with Crippen LogP contribution in [0.1, 0.15) is 10.5 Å². The molecule has 106 valence electrons. The molecule has 9 heteroatoms. The maximum absolute atomic E-state index is 12.2. The highest BCUT2D eigenvalue weighted by Crippen LogP contribution is 2.23. The lowest BCUT2D eigenvalue weighted by Crippen LogP contribution is -2.17. The summed E-state index contributed by atoms with van der Waals surface area (Å²) >= 11 is 11.6. The second kappa shape index (κ2) is 5.19. The van der Waals surface area contributed by atoms with Gasteiger partial charge in [-0.15, -0.1) is 10.2 Å². The zero-order chi connectivity index (χ0) is 15.0. The fraction of sp³-hybridized carbons (Fsp3) is 0. The summed E-state index contributed by atoms with van der Waals surface area (Å²) in [6.45, 7) is 0. The van der Waals surface area contributed by atoms with Crippen LogP contribution in [-0.4, -0.2) is 31.1 Å². The molecular formula is C12H8Cl2N6O. The maximum atomic E-state index is 12.2. The number of carbonyl (C=O) groups excluding carboxylic acids is 1. The summed E-state index contributed by atoms with van der Waals surface area (Å²) in [5.41, 5.74) is 7.09. The average Bonchev–Trinajstić information content (AvgIpc) is 3.05. The largest absolute Gasteiger partial charge is 0.383 e. The van der Waals surface area contributed by atoms with E-state index in [0.717, 1.165) is 10.2 Å². The number of aromatic nitrogens is 5. The molecule has 21 heavy (non-hydrogen) atoms. The molecule has 0 fully saturated rings. The summed E-state index contributed by atoms with van der Waals surface area (Å²) in [5.74, 6) is -0.393. The van der Waals surface area contributed by atoms with Gasteiger partial charge in [0.15, 0.2) is 10.8 Å². The molecule has 3 N–H and O–H groups in total. The normalized spacial score (nSPS) is 10.8. The summed E-state index contributed by atoms with van der Waals surface area (Å²) in [7, 11) is 0. The van der Waals surface area contributed by atoms with Crippen molar-refractivity contribution in [2.75, 3.05) is 5.73 Å². The van der Waals surface area contributed by atoms with Gasteiger partial charge in [0.2, 0.25) is 0 Å². The third-order valence-electron chi connectivity index (χ3n) is 2.78. The van der Waals surface area contributed by atoms with Crippen LogP contribution < -0.4 is 5.73 Å². The smallest absolute Gasteiger partial charge is 0.303 e. The van der Waals surface area contributed by atoms with Crippen LogP contribution in [0.15, 0.2) is 30.3 Å². The quantitative estimate of drug-likeness (QED) is 0.753. The Morgan fingerprint density at radius 3 is 2.52 bits per heavy atom. The highest BCUT2D eigenvalue weighted by molar-refractivity contribution is 6.32. The summed E-state index contributed by atoms with van der Waals surface area (Å²) in [5, 5.41) is 14.3. The molecule has 0 aliphatic rings. The number of nitrogens with one attached hydrogen (secondary N) is 1. The van der Waals surface area contributed by atoms with Crippen molar-refractivity contribution < 1.29 is 4.79 Å². The highest BCUT2D eigenvalue weighted by atomic mass is 35.5. The second-order valence-corrected chi connectivity index (χ2v) is 4.94. The molecule has 2 heterocycles. The molecule has 3 aromatic rings. The Hall–Kier alpha value is -2.38. The molecule has 0 atom stereocenters. The van der Waals surface area contributed by atoms with Crippen LogP contribution in [0.25, 0.3) is 11.3 Å². The van der Waals surface area contributed by atoms with Gasteiger partial charge in [0.25, 0.3) is 0 Å². The van der Waals surface area contributed by atoms with Crippen LogP contribution in [0, 0.1) is 0 Å². The number of nitrogens with two attached hydrogens (primary N) is 1. The molecule has 0 radical (unpaired) electrons. The van der Waals surface area contributed by atoms with E-state index in [2.05, 4.69) is 20.5 Å². The Morgan fingerprint density at radius 1 is 1.19 bits per heavy atom. The molecule has 3 rings (SSSR count). The van der Waals surface area contributed by atoms with E-state index in [4.69, 9.17) is 28.9 Å². The van der Waals surface area contributed by atoms with Gasteiger partial charge in [0.1, 0.15) is 5.82 Å². The number of anilines is 1. The Bertz CT molecular complexity index is 808. The SMILES string of the molecule is Nc1cc(-c2ccc(Cl)cc2)nn1C(=O)c1n[nH]nc1Cl. The minimum absolute atomic E-state index is 0.0389. The van der Waals surface area contributed by atoms with E-state index in [9.17, 15) is 4.79 Å². The van der Waals surface area contributed by atoms with E-state index < -0.39 is 5.91 Å². The predicted molar refractivity (Wildman–Crippen MR) is 78.2 cm³/mol. The van der Waals surface area contributed by atoms with Crippen LogP contribution in [0.4, 0.5) is 5.82 Å². The summed E-state index contributed by atoms with van der Waals surface area (Å²) in [6, 6.07) is 8.59. The molecule has 0 saturated carbocycles. The third-order valence-corrected chi connectivity index (χ3v) is 3.29. The van der Waals surface area contributed by atoms with Gasteiger partial charge in [-0.25, -0.2) is 0 Å². The second-order valence-electron chi connectivity index (χ2n) is 4.14. The average molecular weight is 323 g/mol. The van der Waals surface area contributed by atoms with E-state index >= 15 is 0 Å². The van der Waals surface area contributed by atoms with Gasteiger partial charge in [-0.1, -0.05) is 35.3 Å². The van der Waals surface area contributed by atoms with Gasteiger partial charge < -0.3 is 5.73 Å². The number of rotatable bonds is 2. The standard InChI is InChI=1S/C12H8Cl2N6O/c13-7-3-1-6(2-4-7)8-5-9(15)20(18-8)12(21)10-11(14)17-19-16-10/h1-5H,15H2,(H,16,17,19). The third kappa shape index (κ3) is 2.48. The topological polar surface area (TPSA) is 102 Å². The number of hydrogen-bond acceptors (Lipinski definition) is 5. The van der Waals surface area contributed by atoms with Gasteiger partial charge in [0.05, 0.1) is 5.69 Å². The number of benzene rings is 1. The minimum Gasteiger partial charge on any atom is -0.383 e. The molecule has 0 unspecified atom stereocenters. The lowest BCUT2D eigenvalue weighted by Gasteiger charge is -1.99. The van der Waals surface area contributed by atoms with Crippen molar-refractivity contribution in [3.05, 3.63) is 46.2 Å². The number of carbonyl (C=O) groups is 1. The van der Waals surface area contributed by atoms with Crippen molar-refractivity contribution in [3.8, 4) is 11.3 Å². The van der Waals surface area contributed by atoms with Crippen LogP contribution >= 0.6 is 23.2 Å². The zero-order valence-electron chi connectivity index (χ0n) is 10.4. The number of nitrogen functional groups attached to an aromatic ring is 1. The molecule has 0 saturated heterocycles. The number of halogens is 2. The summed E-state index contributed by atoms with van der Waals surface area (Å²) in [6.07, 6.45) is 0. The Kier molecular flexibility index (Phi) is 3.36. The molecule has 7 nitrogen and oxygen atoms in total. The predicted octanol–water partition coefficient (Wildman–Crippen LogP) is 2.25. The molecule has 0 aliphatic carbocycles. The van der Waals surface area contributed by atoms with Crippen molar-refractivity contribution in [1.29, 1.82) is 0 Å². The molecule has 1 aromatic carbocycles. The first-order valence-electron chi connectivity index (χ1n) is 5.78. The van der Waals surface area contributed by atoms with Crippen LogP contribution in [0.2, 0.25) is 10.2 Å². The first kappa shape index (κ1) is 13.6. The van der Waals surface area contributed by atoms with Gasteiger partial charge in [-0.05, 0) is 12.1 Å². The van der Waals surface area contributed by atoms with Crippen molar-refractivity contribution in [2.45, 2.75) is 0 Å². The first-order valence-corrected chi connectivity index (χ1v) is 6.54. The fourth-order valence-electron chi connectivity index (χ4n) is 1.77. The van der Waals surface area contributed by atoms with E-state index in [-0.39, 0.29) is 16.7 Å². The zero-order valence-corrected chi connectivity index (χ0v) is 11.9. The van der Waals surface area contributed by atoms with Crippen LogP contribution in [-0.2, 0) is 0 Å². The molecular weight excluding hydrogens is 315 g/mol. The monoisotopic (exact) mass is 322 g/mol. The lowest BCUT2D eigenvalue weighted by molar-refractivity contribution is 0.0943. The Morgan fingerprint density at radius 2 is 1.90 bits per heavy atom. The molecule has 0 bridgehead atoms. The number of hydrogen-bond donors (Lipinski definition) is 2. The minimum atomic E-state index is -0.563.